The SMILES string of the molecule is O=S(=O)=NCCC(N=S(=O)=O)N(F)F. The molecule has 11 heteroatoms. The molecule has 0 rings (SSSR count). The van der Waals surface area contributed by atoms with Crippen LogP contribution in [0, 0.1) is 0 Å². The molecule has 82 valence electrons. The zero-order chi connectivity index (χ0) is 11.1. The smallest absolute Gasteiger partial charge is 0.172 e. The fourth-order valence-electron chi connectivity index (χ4n) is 0.528. The molecule has 0 aliphatic heterocycles. The van der Waals surface area contributed by atoms with Crippen molar-refractivity contribution in [2.24, 2.45) is 8.73 Å². The molecule has 0 saturated carbocycles. The van der Waals surface area contributed by atoms with Gasteiger partial charge in [-0.3, -0.25) is 0 Å². The molecule has 0 aromatic heterocycles. The highest BCUT2D eigenvalue weighted by atomic mass is 32.2. The first-order valence-electron chi connectivity index (χ1n) is 3.11. The van der Waals surface area contributed by atoms with Gasteiger partial charge in [-0.25, -0.2) is 0 Å². The molecule has 0 aliphatic carbocycles. The molecule has 1 atom stereocenters. The van der Waals surface area contributed by atoms with Crippen molar-refractivity contribution in [2.45, 2.75) is 12.6 Å². The zero-order valence-electron chi connectivity index (χ0n) is 6.54. The number of halogens is 2. The van der Waals surface area contributed by atoms with Crippen LogP contribution in [0.25, 0.3) is 0 Å². The summed E-state index contributed by atoms with van der Waals surface area (Å²) in [5.41, 5.74) is 0. The molecule has 0 heterocycles. The van der Waals surface area contributed by atoms with Crippen LogP contribution < -0.4 is 0 Å². The van der Waals surface area contributed by atoms with E-state index >= 15 is 0 Å². The Balaban J connectivity index is 4.40. The van der Waals surface area contributed by atoms with Crippen molar-refractivity contribution in [3.8, 4) is 0 Å². The van der Waals surface area contributed by atoms with Crippen molar-refractivity contribution in [3.63, 3.8) is 0 Å². The van der Waals surface area contributed by atoms with Gasteiger partial charge in [0.05, 0.1) is 6.54 Å². The van der Waals surface area contributed by atoms with Gasteiger partial charge >= 0.3 is 21.0 Å². The highest BCUT2D eigenvalue weighted by molar-refractivity contribution is 7.61. The van der Waals surface area contributed by atoms with Gasteiger partial charge in [0.25, 0.3) is 0 Å². The Kier molecular flexibility index (Phi) is 6.07. The summed E-state index contributed by atoms with van der Waals surface area (Å²) in [6.45, 7) is -0.453. The quantitative estimate of drug-likeness (QED) is 0.634. The Bertz CT molecular complexity index is 411. The first-order valence-corrected chi connectivity index (χ1v) is 5.17. The third-order valence-corrected chi connectivity index (χ3v) is 1.83. The van der Waals surface area contributed by atoms with Gasteiger partial charge in [-0.15, -0.1) is 4.36 Å². The summed E-state index contributed by atoms with van der Waals surface area (Å²) >= 11 is 0. The summed E-state index contributed by atoms with van der Waals surface area (Å²) in [4.78, 5) is 0. The summed E-state index contributed by atoms with van der Waals surface area (Å²) in [6.07, 6.45) is -2.41. The van der Waals surface area contributed by atoms with Gasteiger partial charge in [0.15, 0.2) is 6.17 Å². The van der Waals surface area contributed by atoms with E-state index < -0.39 is 45.5 Å². The molecule has 0 fully saturated rings. The van der Waals surface area contributed by atoms with Crippen molar-refractivity contribution < 1.29 is 25.8 Å². The first kappa shape index (κ1) is 13.1. The summed E-state index contributed by atoms with van der Waals surface area (Å²) in [5.74, 6) is 0. The second-order valence-corrected chi connectivity index (χ2v) is 3.26. The minimum absolute atomic E-state index is 0.453. The van der Waals surface area contributed by atoms with E-state index in [2.05, 4.69) is 8.73 Å². The summed E-state index contributed by atoms with van der Waals surface area (Å²) < 4.78 is 68.7. The summed E-state index contributed by atoms with van der Waals surface area (Å²) in [6, 6.07) is 0. The molecule has 14 heavy (non-hydrogen) atoms. The van der Waals surface area contributed by atoms with E-state index in [1.807, 2.05) is 0 Å². The summed E-state index contributed by atoms with van der Waals surface area (Å²) in [5, 5.41) is -1.43. The van der Waals surface area contributed by atoms with E-state index in [9.17, 15) is 25.8 Å². The predicted octanol–water partition coefficient (Wildman–Crippen LogP) is -0.101. The lowest BCUT2D eigenvalue weighted by Gasteiger charge is -2.06. The molecule has 0 N–H and O–H groups in total. The standard InChI is InChI=1S/C3H5F2N3O4S2/c4-8(5)3(7-14(11)12)1-2-6-13(9)10/h3H,1-2H2. The highest BCUT2D eigenvalue weighted by Gasteiger charge is 2.17. The number of hydrogen-bond acceptors (Lipinski definition) is 7. The Morgan fingerprint density at radius 2 is 1.71 bits per heavy atom. The van der Waals surface area contributed by atoms with Crippen molar-refractivity contribution in [3.05, 3.63) is 0 Å². The van der Waals surface area contributed by atoms with Gasteiger partial charge in [0.1, 0.15) is 0 Å². The molecule has 0 aromatic carbocycles. The van der Waals surface area contributed by atoms with Crippen LogP contribution in [0.1, 0.15) is 6.42 Å². The van der Waals surface area contributed by atoms with Gasteiger partial charge < -0.3 is 0 Å². The molecule has 0 saturated heterocycles. The number of nitrogens with zero attached hydrogens (tertiary/aromatic N) is 3. The average Bonchev–Trinajstić information content (AvgIpc) is 2.00. The Labute approximate surface area is 80.6 Å². The van der Waals surface area contributed by atoms with Crippen LogP contribution in [0.4, 0.5) is 8.96 Å². The second kappa shape index (κ2) is 6.50. The molecular formula is C3H5F2N3O4S2. The maximum atomic E-state index is 11.9. The van der Waals surface area contributed by atoms with Gasteiger partial charge in [-0.1, -0.05) is 8.96 Å². The van der Waals surface area contributed by atoms with Crippen LogP contribution in [0.2, 0.25) is 0 Å². The highest BCUT2D eigenvalue weighted by Crippen LogP contribution is 2.07. The maximum Gasteiger partial charge on any atom is 0.312 e. The fourth-order valence-corrected chi connectivity index (χ4v) is 1.16. The Morgan fingerprint density at radius 3 is 2.07 bits per heavy atom. The minimum Gasteiger partial charge on any atom is -0.172 e. The predicted molar refractivity (Wildman–Crippen MR) is 40.0 cm³/mol. The van der Waals surface area contributed by atoms with E-state index in [0.717, 1.165) is 0 Å². The van der Waals surface area contributed by atoms with Gasteiger partial charge in [-0.05, 0) is 0 Å². The molecule has 0 amide bonds. The van der Waals surface area contributed by atoms with E-state index in [1.165, 1.54) is 0 Å². The number of rotatable bonds is 5. The third-order valence-electron chi connectivity index (χ3n) is 1.02. The molecular weight excluding hydrogens is 244 g/mol. The second-order valence-electron chi connectivity index (χ2n) is 1.92. The van der Waals surface area contributed by atoms with E-state index in [-0.39, 0.29) is 0 Å². The molecule has 7 nitrogen and oxygen atoms in total. The van der Waals surface area contributed by atoms with Crippen molar-refractivity contribution in [1.82, 2.24) is 5.34 Å². The molecule has 0 bridgehead atoms. The molecule has 0 aromatic rings. The largest absolute Gasteiger partial charge is 0.312 e. The molecule has 0 radical (unpaired) electrons. The Hall–Kier alpha value is -0.940. The van der Waals surface area contributed by atoms with Crippen LogP contribution in [-0.4, -0.2) is 34.9 Å². The van der Waals surface area contributed by atoms with Gasteiger partial charge in [0, 0.05) is 11.8 Å². The monoisotopic (exact) mass is 249 g/mol. The van der Waals surface area contributed by atoms with E-state index in [1.54, 1.807) is 0 Å². The van der Waals surface area contributed by atoms with Crippen LogP contribution in [0.3, 0.4) is 0 Å². The van der Waals surface area contributed by atoms with E-state index in [4.69, 9.17) is 0 Å². The third kappa shape index (κ3) is 6.56. The van der Waals surface area contributed by atoms with Gasteiger partial charge in [-0.2, -0.15) is 21.2 Å². The lowest BCUT2D eigenvalue weighted by Crippen LogP contribution is -2.19. The topological polar surface area (TPSA) is 96.2 Å². The average molecular weight is 249 g/mol. The fraction of sp³-hybridized carbons (Fsp3) is 1.00. The zero-order valence-corrected chi connectivity index (χ0v) is 8.17. The van der Waals surface area contributed by atoms with Crippen molar-refractivity contribution in [2.75, 3.05) is 6.54 Å². The van der Waals surface area contributed by atoms with Crippen molar-refractivity contribution >= 4 is 21.0 Å². The maximum absolute atomic E-state index is 11.9. The molecule has 0 aliphatic rings. The minimum atomic E-state index is -2.97. The van der Waals surface area contributed by atoms with Crippen LogP contribution in [-0.2, 0) is 21.0 Å². The van der Waals surface area contributed by atoms with Crippen LogP contribution in [0.15, 0.2) is 8.73 Å². The van der Waals surface area contributed by atoms with Gasteiger partial charge in [0.2, 0.25) is 0 Å². The number of hydrogen-bond donors (Lipinski definition) is 0. The van der Waals surface area contributed by atoms with Crippen LogP contribution >= 0.6 is 0 Å². The lowest BCUT2D eigenvalue weighted by atomic mass is 10.4. The van der Waals surface area contributed by atoms with Crippen LogP contribution in [0.5, 0.6) is 0 Å². The Morgan fingerprint density at radius 1 is 1.14 bits per heavy atom. The lowest BCUT2D eigenvalue weighted by molar-refractivity contribution is -0.185. The summed E-state index contributed by atoms with van der Waals surface area (Å²) in [7, 11) is -5.66. The normalized spacial score (nSPS) is 12.2. The first-order chi connectivity index (χ1) is 6.43. The van der Waals surface area contributed by atoms with Crippen molar-refractivity contribution in [1.29, 1.82) is 0 Å². The van der Waals surface area contributed by atoms with E-state index in [0.29, 0.717) is 0 Å². The molecule has 0 spiro atoms. The molecule has 1 unspecified atom stereocenters.